The van der Waals surface area contributed by atoms with Gasteiger partial charge in [0, 0.05) is 18.7 Å². The molecular formula is C16H19N3O2. The van der Waals surface area contributed by atoms with Gasteiger partial charge in [0.25, 0.3) is 0 Å². The summed E-state index contributed by atoms with van der Waals surface area (Å²) in [5, 5.41) is 0. The van der Waals surface area contributed by atoms with Crippen molar-refractivity contribution in [3.63, 3.8) is 0 Å². The molecule has 0 spiro atoms. The number of rotatable bonds is 3. The third kappa shape index (κ3) is 3.61. The molecule has 1 saturated heterocycles. The molecule has 5 heteroatoms. The Morgan fingerprint density at radius 1 is 1.14 bits per heavy atom. The molecule has 2 rings (SSSR count). The highest BCUT2D eigenvalue weighted by Crippen LogP contribution is 2.14. The number of amides is 2. The van der Waals surface area contributed by atoms with Crippen molar-refractivity contribution < 1.29 is 9.59 Å². The molecule has 1 fully saturated rings. The Kier molecular flexibility index (Phi) is 4.96. The number of hydrogen-bond acceptors (Lipinski definition) is 3. The van der Waals surface area contributed by atoms with E-state index in [2.05, 4.69) is 11.8 Å². The fourth-order valence-corrected chi connectivity index (χ4v) is 2.27. The van der Waals surface area contributed by atoms with Crippen LogP contribution in [0.4, 0.5) is 0 Å². The number of nitrogens with two attached hydrogens (primary N) is 1. The van der Waals surface area contributed by atoms with E-state index in [1.165, 1.54) is 0 Å². The van der Waals surface area contributed by atoms with Crippen LogP contribution in [-0.2, 0) is 16.1 Å². The molecule has 0 saturated carbocycles. The quantitative estimate of drug-likeness (QED) is 0.806. The van der Waals surface area contributed by atoms with Gasteiger partial charge in [-0.1, -0.05) is 30.0 Å². The van der Waals surface area contributed by atoms with Gasteiger partial charge in [-0.25, -0.2) is 0 Å². The summed E-state index contributed by atoms with van der Waals surface area (Å²) in [5.74, 6) is 5.78. The SMILES string of the molecule is CCN1CC(=O)N(Cc2ccccc2C#CCN)CC1=O. The van der Waals surface area contributed by atoms with Gasteiger partial charge in [-0.2, -0.15) is 0 Å². The molecule has 1 aromatic rings. The average Bonchev–Trinajstić information content (AvgIpc) is 2.49. The van der Waals surface area contributed by atoms with E-state index in [1.54, 1.807) is 9.80 Å². The number of carbonyl (C=O) groups excluding carboxylic acids is 2. The largest absolute Gasteiger partial charge is 0.332 e. The van der Waals surface area contributed by atoms with Gasteiger partial charge in [0.05, 0.1) is 13.1 Å². The summed E-state index contributed by atoms with van der Waals surface area (Å²) in [7, 11) is 0. The lowest BCUT2D eigenvalue weighted by molar-refractivity contribution is -0.150. The van der Waals surface area contributed by atoms with Crippen LogP contribution in [0.2, 0.25) is 0 Å². The lowest BCUT2D eigenvalue weighted by Gasteiger charge is -2.33. The maximum atomic E-state index is 12.1. The molecule has 0 bridgehead atoms. The van der Waals surface area contributed by atoms with Gasteiger partial charge >= 0.3 is 0 Å². The van der Waals surface area contributed by atoms with Crippen molar-refractivity contribution in [1.29, 1.82) is 0 Å². The van der Waals surface area contributed by atoms with Crippen LogP contribution in [0, 0.1) is 11.8 Å². The number of likely N-dealkylation sites (N-methyl/N-ethyl adjacent to an activating group) is 1. The molecule has 21 heavy (non-hydrogen) atoms. The van der Waals surface area contributed by atoms with Crippen LogP contribution in [0.15, 0.2) is 24.3 Å². The monoisotopic (exact) mass is 285 g/mol. The standard InChI is InChI=1S/C16H19N3O2/c1-2-18-11-16(21)19(12-15(18)20)10-14-7-4-3-6-13(14)8-5-9-17/h3-4,6-7H,2,9-12,17H2,1H3. The summed E-state index contributed by atoms with van der Waals surface area (Å²) in [6.45, 7) is 3.42. The zero-order valence-electron chi connectivity index (χ0n) is 12.1. The summed E-state index contributed by atoms with van der Waals surface area (Å²) in [4.78, 5) is 27.2. The molecule has 0 radical (unpaired) electrons. The van der Waals surface area contributed by atoms with E-state index in [-0.39, 0.29) is 24.9 Å². The maximum absolute atomic E-state index is 12.1. The fraction of sp³-hybridized carbons (Fsp3) is 0.375. The zero-order chi connectivity index (χ0) is 15.2. The van der Waals surface area contributed by atoms with Gasteiger partial charge in [0.15, 0.2) is 0 Å². The summed E-state index contributed by atoms with van der Waals surface area (Å²) in [6.07, 6.45) is 0. The topological polar surface area (TPSA) is 66.6 Å². The number of nitrogens with zero attached hydrogens (tertiary/aromatic N) is 2. The first kappa shape index (κ1) is 15.1. The van der Waals surface area contributed by atoms with Crippen molar-refractivity contribution in [3.8, 4) is 11.8 Å². The van der Waals surface area contributed by atoms with Gasteiger partial charge in [-0.05, 0) is 18.6 Å². The molecular weight excluding hydrogens is 266 g/mol. The average molecular weight is 285 g/mol. The van der Waals surface area contributed by atoms with Gasteiger partial charge in [-0.3, -0.25) is 9.59 Å². The van der Waals surface area contributed by atoms with Crippen molar-refractivity contribution in [3.05, 3.63) is 35.4 Å². The maximum Gasteiger partial charge on any atom is 0.242 e. The fourth-order valence-electron chi connectivity index (χ4n) is 2.27. The van der Waals surface area contributed by atoms with Crippen molar-refractivity contribution in [2.75, 3.05) is 26.2 Å². The van der Waals surface area contributed by atoms with Crippen LogP contribution in [0.3, 0.4) is 0 Å². The Morgan fingerprint density at radius 2 is 1.81 bits per heavy atom. The predicted molar refractivity (Wildman–Crippen MR) is 80.0 cm³/mol. The molecule has 1 heterocycles. The van der Waals surface area contributed by atoms with E-state index in [4.69, 9.17) is 5.73 Å². The third-order valence-corrected chi connectivity index (χ3v) is 3.44. The van der Waals surface area contributed by atoms with Crippen LogP contribution in [0.5, 0.6) is 0 Å². The number of piperazine rings is 1. The minimum atomic E-state index is -0.0296. The molecule has 5 nitrogen and oxygen atoms in total. The van der Waals surface area contributed by atoms with E-state index >= 15 is 0 Å². The van der Waals surface area contributed by atoms with Crippen molar-refractivity contribution in [1.82, 2.24) is 9.80 Å². The molecule has 0 unspecified atom stereocenters. The molecule has 1 aromatic carbocycles. The number of carbonyl (C=O) groups is 2. The van der Waals surface area contributed by atoms with Crippen molar-refractivity contribution in [2.45, 2.75) is 13.5 Å². The summed E-state index contributed by atoms with van der Waals surface area (Å²) in [6, 6.07) is 7.61. The van der Waals surface area contributed by atoms with Gasteiger partial charge < -0.3 is 15.5 Å². The first-order chi connectivity index (χ1) is 10.2. The van der Waals surface area contributed by atoms with Gasteiger partial charge in [0.1, 0.15) is 6.54 Å². The Labute approximate surface area is 124 Å². The Morgan fingerprint density at radius 3 is 2.52 bits per heavy atom. The molecule has 2 N–H and O–H groups in total. The molecule has 0 atom stereocenters. The predicted octanol–water partition coefficient (Wildman–Crippen LogP) is 0.188. The Hall–Kier alpha value is -2.32. The Bertz CT molecular complexity index is 601. The second-order valence-electron chi connectivity index (χ2n) is 4.82. The van der Waals surface area contributed by atoms with E-state index in [9.17, 15) is 9.59 Å². The van der Waals surface area contributed by atoms with Crippen molar-refractivity contribution in [2.24, 2.45) is 5.73 Å². The highest BCUT2D eigenvalue weighted by molar-refractivity contribution is 5.92. The van der Waals surface area contributed by atoms with Crippen molar-refractivity contribution >= 4 is 11.8 Å². The molecule has 110 valence electrons. The van der Waals surface area contributed by atoms with Crippen LogP contribution in [0.1, 0.15) is 18.1 Å². The van der Waals surface area contributed by atoms with Crippen LogP contribution in [-0.4, -0.2) is 47.8 Å². The molecule has 1 aliphatic rings. The summed E-state index contributed by atoms with van der Waals surface area (Å²) < 4.78 is 0. The molecule has 2 amide bonds. The number of hydrogen-bond donors (Lipinski definition) is 1. The molecule has 1 aliphatic heterocycles. The smallest absolute Gasteiger partial charge is 0.242 e. The second kappa shape index (κ2) is 6.91. The lowest BCUT2D eigenvalue weighted by Crippen LogP contribution is -2.53. The van der Waals surface area contributed by atoms with E-state index in [0.717, 1.165) is 11.1 Å². The third-order valence-electron chi connectivity index (χ3n) is 3.44. The highest BCUT2D eigenvalue weighted by Gasteiger charge is 2.28. The number of benzene rings is 1. The lowest BCUT2D eigenvalue weighted by atomic mass is 10.1. The van der Waals surface area contributed by atoms with Crippen LogP contribution in [0.25, 0.3) is 0 Å². The van der Waals surface area contributed by atoms with Crippen LogP contribution >= 0.6 is 0 Å². The zero-order valence-corrected chi connectivity index (χ0v) is 12.1. The van der Waals surface area contributed by atoms with E-state index < -0.39 is 0 Å². The molecule has 0 aromatic heterocycles. The summed E-state index contributed by atoms with van der Waals surface area (Å²) >= 11 is 0. The summed E-state index contributed by atoms with van der Waals surface area (Å²) in [5.41, 5.74) is 7.18. The van der Waals surface area contributed by atoms with Crippen LogP contribution < -0.4 is 5.73 Å². The Balaban J connectivity index is 2.15. The second-order valence-corrected chi connectivity index (χ2v) is 4.82. The van der Waals surface area contributed by atoms with Gasteiger partial charge in [-0.15, -0.1) is 0 Å². The van der Waals surface area contributed by atoms with E-state index in [0.29, 0.717) is 19.6 Å². The normalized spacial score (nSPS) is 15.0. The molecule has 0 aliphatic carbocycles. The van der Waals surface area contributed by atoms with Gasteiger partial charge in [0.2, 0.25) is 11.8 Å². The van der Waals surface area contributed by atoms with E-state index in [1.807, 2.05) is 31.2 Å². The highest BCUT2D eigenvalue weighted by atomic mass is 16.2. The minimum absolute atomic E-state index is 0.0115. The first-order valence-corrected chi connectivity index (χ1v) is 6.98. The first-order valence-electron chi connectivity index (χ1n) is 6.98. The minimum Gasteiger partial charge on any atom is -0.332 e.